The lowest BCUT2D eigenvalue weighted by molar-refractivity contribution is 0.298. The summed E-state index contributed by atoms with van der Waals surface area (Å²) in [5.74, 6) is 0. The van der Waals surface area contributed by atoms with Crippen molar-refractivity contribution >= 4 is 27.5 Å². The Balaban J connectivity index is 1.81. The molecular formula is C14H20BrClN2. The summed E-state index contributed by atoms with van der Waals surface area (Å²) >= 11 is 9.71. The third-order valence-electron chi connectivity index (χ3n) is 3.40. The molecule has 0 bridgehead atoms. The van der Waals surface area contributed by atoms with Gasteiger partial charge >= 0.3 is 0 Å². The summed E-state index contributed by atoms with van der Waals surface area (Å²) in [5.41, 5.74) is 1.15. The lowest BCUT2D eigenvalue weighted by Crippen LogP contribution is -2.37. The molecule has 2 rings (SSSR count). The van der Waals surface area contributed by atoms with Crippen molar-refractivity contribution in [3.05, 3.63) is 33.3 Å². The molecule has 2 nitrogen and oxygen atoms in total. The molecule has 1 aromatic carbocycles. The average molecular weight is 332 g/mol. The van der Waals surface area contributed by atoms with Crippen molar-refractivity contribution in [3.63, 3.8) is 0 Å². The van der Waals surface area contributed by atoms with Gasteiger partial charge in [0, 0.05) is 23.6 Å². The molecule has 0 saturated carbocycles. The summed E-state index contributed by atoms with van der Waals surface area (Å²) in [4.78, 5) is 2.53. The molecule has 100 valence electrons. The largest absolute Gasteiger partial charge is 0.309 e. The van der Waals surface area contributed by atoms with Crippen molar-refractivity contribution < 1.29 is 0 Å². The zero-order valence-electron chi connectivity index (χ0n) is 10.8. The smallest absolute Gasteiger partial charge is 0.0592 e. The third-order valence-corrected chi connectivity index (χ3v) is 4.74. The number of nitrogens with zero attached hydrogens (tertiary/aromatic N) is 1. The van der Waals surface area contributed by atoms with Gasteiger partial charge in [0.1, 0.15) is 0 Å². The monoisotopic (exact) mass is 330 g/mol. The predicted molar refractivity (Wildman–Crippen MR) is 81.1 cm³/mol. The minimum atomic E-state index is 0.498. The third kappa shape index (κ3) is 3.95. The van der Waals surface area contributed by atoms with Crippen LogP contribution in [0.3, 0.4) is 0 Å². The lowest BCUT2D eigenvalue weighted by Gasteiger charge is -2.21. The number of nitrogens with one attached hydrogen (secondary N) is 1. The second-order valence-corrected chi connectivity index (χ2v) is 6.23. The SMILES string of the molecule is CC(CN1CCCC1)NCc1cccc(Br)c1Cl. The van der Waals surface area contributed by atoms with E-state index in [1.54, 1.807) is 0 Å². The molecule has 0 spiro atoms. The average Bonchev–Trinajstić information content (AvgIpc) is 2.84. The van der Waals surface area contributed by atoms with Crippen LogP contribution in [0.5, 0.6) is 0 Å². The van der Waals surface area contributed by atoms with Gasteiger partial charge < -0.3 is 10.2 Å². The van der Waals surface area contributed by atoms with E-state index in [1.165, 1.54) is 25.9 Å². The summed E-state index contributed by atoms with van der Waals surface area (Å²) in [5, 5.41) is 4.36. The quantitative estimate of drug-likeness (QED) is 0.885. The molecule has 0 amide bonds. The van der Waals surface area contributed by atoms with E-state index in [0.717, 1.165) is 28.1 Å². The number of rotatable bonds is 5. The molecule has 1 heterocycles. The van der Waals surface area contributed by atoms with Gasteiger partial charge in [0.15, 0.2) is 0 Å². The van der Waals surface area contributed by atoms with Crippen LogP contribution in [0.25, 0.3) is 0 Å². The van der Waals surface area contributed by atoms with E-state index < -0.39 is 0 Å². The Morgan fingerprint density at radius 1 is 1.39 bits per heavy atom. The fourth-order valence-electron chi connectivity index (χ4n) is 2.39. The first kappa shape index (κ1) is 14.3. The summed E-state index contributed by atoms with van der Waals surface area (Å²) in [6, 6.07) is 6.57. The van der Waals surface area contributed by atoms with E-state index in [4.69, 9.17) is 11.6 Å². The van der Waals surface area contributed by atoms with Gasteiger partial charge in [0.05, 0.1) is 5.02 Å². The van der Waals surface area contributed by atoms with Crippen LogP contribution in [-0.2, 0) is 6.54 Å². The summed E-state index contributed by atoms with van der Waals surface area (Å²) in [7, 11) is 0. The highest BCUT2D eigenvalue weighted by Gasteiger charge is 2.14. The maximum atomic E-state index is 6.25. The van der Waals surface area contributed by atoms with E-state index in [0.29, 0.717) is 6.04 Å². The van der Waals surface area contributed by atoms with Crippen molar-refractivity contribution in [1.82, 2.24) is 10.2 Å². The highest BCUT2D eigenvalue weighted by Crippen LogP contribution is 2.25. The fraction of sp³-hybridized carbons (Fsp3) is 0.571. The van der Waals surface area contributed by atoms with Crippen LogP contribution in [0.2, 0.25) is 5.02 Å². The maximum absolute atomic E-state index is 6.25. The Kier molecular flexibility index (Phi) is 5.49. The number of hydrogen-bond donors (Lipinski definition) is 1. The van der Waals surface area contributed by atoms with Crippen molar-refractivity contribution in [2.75, 3.05) is 19.6 Å². The number of likely N-dealkylation sites (tertiary alicyclic amines) is 1. The first-order chi connectivity index (χ1) is 8.66. The van der Waals surface area contributed by atoms with Gasteiger partial charge in [-0.15, -0.1) is 0 Å². The molecule has 0 aliphatic carbocycles. The fourth-order valence-corrected chi connectivity index (χ4v) is 2.99. The molecule has 1 aliphatic heterocycles. The van der Waals surface area contributed by atoms with E-state index >= 15 is 0 Å². The van der Waals surface area contributed by atoms with Gasteiger partial charge in [-0.3, -0.25) is 0 Å². The van der Waals surface area contributed by atoms with Gasteiger partial charge in [-0.25, -0.2) is 0 Å². The summed E-state index contributed by atoms with van der Waals surface area (Å²) in [6.45, 7) is 6.70. The number of halogens is 2. The normalized spacial score (nSPS) is 18.2. The van der Waals surface area contributed by atoms with E-state index in [9.17, 15) is 0 Å². The Hall–Kier alpha value is -0.0900. The van der Waals surface area contributed by atoms with Gasteiger partial charge in [0.2, 0.25) is 0 Å². The zero-order chi connectivity index (χ0) is 13.0. The zero-order valence-corrected chi connectivity index (χ0v) is 13.1. The lowest BCUT2D eigenvalue weighted by atomic mass is 10.2. The molecule has 1 atom stereocenters. The maximum Gasteiger partial charge on any atom is 0.0592 e. The van der Waals surface area contributed by atoms with Crippen LogP contribution in [-0.4, -0.2) is 30.6 Å². The van der Waals surface area contributed by atoms with Gasteiger partial charge in [-0.2, -0.15) is 0 Å². The Morgan fingerprint density at radius 3 is 2.83 bits per heavy atom. The molecule has 18 heavy (non-hydrogen) atoms. The first-order valence-corrected chi connectivity index (χ1v) is 7.72. The van der Waals surface area contributed by atoms with E-state index in [2.05, 4.69) is 39.1 Å². The number of hydrogen-bond acceptors (Lipinski definition) is 2. The van der Waals surface area contributed by atoms with Gasteiger partial charge in [-0.1, -0.05) is 23.7 Å². The van der Waals surface area contributed by atoms with Crippen LogP contribution in [0.15, 0.2) is 22.7 Å². The molecule has 0 aromatic heterocycles. The van der Waals surface area contributed by atoms with Crippen LogP contribution in [0, 0.1) is 0 Å². The molecule has 1 fully saturated rings. The minimum absolute atomic E-state index is 0.498. The molecule has 1 aliphatic rings. The second-order valence-electron chi connectivity index (χ2n) is 5.00. The van der Waals surface area contributed by atoms with Crippen LogP contribution < -0.4 is 5.32 Å². The minimum Gasteiger partial charge on any atom is -0.309 e. The first-order valence-electron chi connectivity index (χ1n) is 6.55. The Bertz CT molecular complexity index is 391. The van der Waals surface area contributed by atoms with Crippen LogP contribution in [0.4, 0.5) is 0 Å². The molecular weight excluding hydrogens is 312 g/mol. The molecule has 1 unspecified atom stereocenters. The van der Waals surface area contributed by atoms with Crippen molar-refractivity contribution in [2.24, 2.45) is 0 Å². The molecule has 1 aromatic rings. The van der Waals surface area contributed by atoms with Crippen LogP contribution >= 0.6 is 27.5 Å². The standard InChI is InChI=1S/C14H20BrClN2/c1-11(10-18-7-2-3-8-18)17-9-12-5-4-6-13(15)14(12)16/h4-6,11,17H,2-3,7-10H2,1H3. The topological polar surface area (TPSA) is 15.3 Å². The molecule has 0 radical (unpaired) electrons. The van der Waals surface area contributed by atoms with Crippen molar-refractivity contribution in [2.45, 2.75) is 32.4 Å². The molecule has 4 heteroatoms. The van der Waals surface area contributed by atoms with Gasteiger partial charge in [-0.05, 0) is 60.4 Å². The molecule has 1 saturated heterocycles. The summed E-state index contributed by atoms with van der Waals surface area (Å²) < 4.78 is 0.968. The summed E-state index contributed by atoms with van der Waals surface area (Å²) in [6.07, 6.45) is 2.70. The number of benzene rings is 1. The van der Waals surface area contributed by atoms with E-state index in [1.807, 2.05) is 12.1 Å². The highest BCUT2D eigenvalue weighted by molar-refractivity contribution is 9.10. The van der Waals surface area contributed by atoms with E-state index in [-0.39, 0.29) is 0 Å². The Labute approximate surface area is 123 Å². The predicted octanol–water partition coefficient (Wildman–Crippen LogP) is 3.68. The highest BCUT2D eigenvalue weighted by atomic mass is 79.9. The van der Waals surface area contributed by atoms with Crippen molar-refractivity contribution in [3.8, 4) is 0 Å². The second kappa shape index (κ2) is 6.90. The van der Waals surface area contributed by atoms with Gasteiger partial charge in [0.25, 0.3) is 0 Å². The van der Waals surface area contributed by atoms with Crippen LogP contribution in [0.1, 0.15) is 25.3 Å². The molecule has 1 N–H and O–H groups in total. The van der Waals surface area contributed by atoms with Crippen molar-refractivity contribution in [1.29, 1.82) is 0 Å². The Morgan fingerprint density at radius 2 is 2.11 bits per heavy atom.